The van der Waals surface area contributed by atoms with Gasteiger partial charge in [0, 0.05) is 48.4 Å². The maximum Gasteiger partial charge on any atom is 0.132 e. The third kappa shape index (κ3) is 7.92. The zero-order chi connectivity index (χ0) is 23.8. The molecule has 7 heteroatoms. The van der Waals surface area contributed by atoms with Crippen molar-refractivity contribution in [2.45, 2.75) is 32.3 Å². The minimum Gasteiger partial charge on any atom is -0.492 e. The van der Waals surface area contributed by atoms with Gasteiger partial charge in [-0.25, -0.2) is 0 Å². The van der Waals surface area contributed by atoms with Crippen molar-refractivity contribution in [3.05, 3.63) is 57.2 Å². The quantitative estimate of drug-likeness (QED) is 0.267. The highest BCUT2D eigenvalue weighted by Crippen LogP contribution is 2.35. The monoisotopic (exact) mass is 599 g/mol. The van der Waals surface area contributed by atoms with E-state index in [9.17, 15) is 5.11 Å². The molecule has 0 unspecified atom stereocenters. The molecule has 1 fully saturated rings. The third-order valence-electron chi connectivity index (χ3n) is 6.03. The molecule has 1 aliphatic heterocycles. The molecule has 182 valence electrons. The van der Waals surface area contributed by atoms with E-state index in [1.54, 1.807) is 0 Å². The summed E-state index contributed by atoms with van der Waals surface area (Å²) in [4.78, 5) is 2.31. The van der Waals surface area contributed by atoms with Crippen molar-refractivity contribution in [1.82, 2.24) is 4.90 Å². The molecule has 1 saturated heterocycles. The molecule has 2 aromatic rings. The van der Waals surface area contributed by atoms with Crippen molar-refractivity contribution in [3.63, 3.8) is 0 Å². The summed E-state index contributed by atoms with van der Waals surface area (Å²) in [7, 11) is 0. The number of β-amino-alcohol motifs (C(OH)–C–C–N with tert-alkyl or cyclic N) is 1. The lowest BCUT2D eigenvalue weighted by atomic mass is 9.78. The Morgan fingerprint density at radius 1 is 1.06 bits per heavy atom. The van der Waals surface area contributed by atoms with E-state index in [1.807, 2.05) is 23.9 Å². The van der Waals surface area contributed by atoms with Gasteiger partial charge in [-0.15, -0.1) is 11.6 Å². The van der Waals surface area contributed by atoms with Gasteiger partial charge in [-0.2, -0.15) is 11.8 Å². The summed E-state index contributed by atoms with van der Waals surface area (Å²) >= 11 is 10.2. The van der Waals surface area contributed by atoms with Gasteiger partial charge in [-0.3, -0.25) is 4.90 Å². The number of halogens is 2. The molecular weight excluding hydrogens is 565 g/mol. The van der Waals surface area contributed by atoms with Crippen LogP contribution in [-0.2, 0) is 5.41 Å². The van der Waals surface area contributed by atoms with Crippen LogP contribution in [0.1, 0.15) is 31.9 Å². The van der Waals surface area contributed by atoms with E-state index in [2.05, 4.69) is 78.6 Å². The molecule has 0 radical (unpaired) electrons. The first kappa shape index (κ1) is 26.9. The molecule has 0 aliphatic carbocycles. The molecule has 0 amide bonds. The van der Waals surface area contributed by atoms with Crippen LogP contribution >= 0.6 is 46.0 Å². The summed E-state index contributed by atoms with van der Waals surface area (Å²) in [5.74, 6) is 4.90. The molecule has 1 heterocycles. The topological polar surface area (TPSA) is 41.9 Å². The van der Waals surface area contributed by atoms with Crippen molar-refractivity contribution < 1.29 is 14.6 Å². The summed E-state index contributed by atoms with van der Waals surface area (Å²) in [6, 6.07) is 14.6. The third-order valence-corrected chi connectivity index (χ3v) is 8.34. The van der Waals surface area contributed by atoms with Gasteiger partial charge >= 0.3 is 0 Å². The van der Waals surface area contributed by atoms with Crippen LogP contribution in [0.15, 0.2) is 42.5 Å². The summed E-state index contributed by atoms with van der Waals surface area (Å²) < 4.78 is 12.9. The first-order chi connectivity index (χ1) is 15.8. The van der Waals surface area contributed by atoms with E-state index in [0.29, 0.717) is 31.6 Å². The summed E-state index contributed by atoms with van der Waals surface area (Å²) in [6.07, 6.45) is -0.473. The minimum absolute atomic E-state index is 0.161. The Kier molecular flexibility index (Phi) is 10.5. The number of benzene rings is 2. The molecule has 0 saturated carbocycles. The van der Waals surface area contributed by atoms with E-state index in [1.165, 1.54) is 11.1 Å². The van der Waals surface area contributed by atoms with Crippen molar-refractivity contribution in [2.75, 3.05) is 50.2 Å². The molecule has 0 spiro atoms. The second kappa shape index (κ2) is 12.9. The average molecular weight is 600 g/mol. The fourth-order valence-electron chi connectivity index (χ4n) is 3.74. The highest BCUT2D eigenvalue weighted by Gasteiger charge is 2.24. The summed E-state index contributed by atoms with van der Waals surface area (Å²) in [5, 5.41) is 10.3. The zero-order valence-electron chi connectivity index (χ0n) is 19.7. The number of thioether (sulfide) groups is 1. The van der Waals surface area contributed by atoms with Crippen LogP contribution < -0.4 is 9.47 Å². The number of alkyl halides is 1. The summed E-state index contributed by atoms with van der Waals surface area (Å²) in [6.45, 7) is 10.2. The highest BCUT2D eigenvalue weighted by molar-refractivity contribution is 14.1. The van der Waals surface area contributed by atoms with Gasteiger partial charge in [0.1, 0.15) is 24.2 Å². The molecular formula is C26H35ClINO3S. The Hall–Kier alpha value is -0.670. The fourth-order valence-corrected chi connectivity index (χ4v) is 5.48. The van der Waals surface area contributed by atoms with Crippen molar-refractivity contribution in [1.29, 1.82) is 0 Å². The van der Waals surface area contributed by atoms with Crippen LogP contribution in [0.4, 0.5) is 0 Å². The first-order valence-electron chi connectivity index (χ1n) is 11.5. The maximum absolute atomic E-state index is 10.3. The van der Waals surface area contributed by atoms with Gasteiger partial charge in [0.15, 0.2) is 0 Å². The molecule has 4 nitrogen and oxygen atoms in total. The highest BCUT2D eigenvalue weighted by atomic mass is 123. The number of ether oxygens (including phenoxy) is 2. The molecule has 2 aromatic carbocycles. The first-order valence-corrected chi connectivity index (χ1v) is 14.3. The van der Waals surface area contributed by atoms with Gasteiger partial charge in [0.25, 0.3) is 0 Å². The molecule has 2 atom stereocenters. The van der Waals surface area contributed by atoms with Crippen molar-refractivity contribution >= 4 is 46.0 Å². The lowest BCUT2D eigenvalue weighted by Gasteiger charge is -2.28. The number of hydrogen-bond donors (Lipinski definition) is 1. The van der Waals surface area contributed by atoms with E-state index in [-0.39, 0.29) is 5.41 Å². The van der Waals surface area contributed by atoms with Gasteiger partial charge < -0.3 is 14.6 Å². The molecule has 3 rings (SSSR count). The Labute approximate surface area is 221 Å². The Bertz CT molecular complexity index is 874. The molecule has 1 N–H and O–H groups in total. The number of hydrogen-bond acceptors (Lipinski definition) is 5. The SMILES string of the molecule is C[C@H](CCl)COc1ccc(C(C)(C)c2ccc(OC[C@H](O)CN3CCSCC3)cc2)cc1[123I]. The molecule has 0 bridgehead atoms. The minimum atomic E-state index is -0.473. The van der Waals surface area contributed by atoms with Gasteiger partial charge in [-0.1, -0.05) is 39.0 Å². The van der Waals surface area contributed by atoms with E-state index in [4.69, 9.17) is 21.1 Å². The second-order valence-corrected chi connectivity index (χ2v) is 11.9. The maximum atomic E-state index is 10.3. The molecule has 1 aliphatic rings. The smallest absolute Gasteiger partial charge is 0.132 e. The molecule has 33 heavy (non-hydrogen) atoms. The van der Waals surface area contributed by atoms with E-state index >= 15 is 0 Å². The van der Waals surface area contributed by atoms with Crippen LogP contribution in [0.3, 0.4) is 0 Å². The predicted octanol–water partition coefficient (Wildman–Crippen LogP) is 5.66. The number of aliphatic hydroxyl groups is 1. The predicted molar refractivity (Wildman–Crippen MR) is 148 cm³/mol. The van der Waals surface area contributed by atoms with Crippen molar-refractivity contribution in [3.8, 4) is 11.5 Å². The summed E-state index contributed by atoms with van der Waals surface area (Å²) in [5.41, 5.74) is 2.28. The van der Waals surface area contributed by atoms with E-state index in [0.717, 1.165) is 39.7 Å². The fraction of sp³-hybridized carbons (Fsp3) is 0.538. The Morgan fingerprint density at radius 2 is 1.73 bits per heavy atom. The lowest BCUT2D eigenvalue weighted by Crippen LogP contribution is -2.40. The lowest BCUT2D eigenvalue weighted by molar-refractivity contribution is 0.0715. The Balaban J connectivity index is 1.57. The van der Waals surface area contributed by atoms with Gasteiger partial charge in [-0.05, 0) is 58.0 Å². The average Bonchev–Trinajstić information content (AvgIpc) is 2.82. The second-order valence-electron chi connectivity index (χ2n) is 9.24. The zero-order valence-corrected chi connectivity index (χ0v) is 23.5. The van der Waals surface area contributed by atoms with Crippen LogP contribution in [0.5, 0.6) is 11.5 Å². The largest absolute Gasteiger partial charge is 0.492 e. The standard InChI is InChI=1S/C26H35ClINO3S/c1-19(15-27)17-32-25-9-6-21(14-24(25)28)26(2,3)20-4-7-23(8-5-20)31-18-22(30)16-29-10-12-33-13-11-29/h4-9,14,19,22,30H,10-13,15-18H2,1-3H3/t19-,22-/m1/s1/i28-4. The Morgan fingerprint density at radius 3 is 2.36 bits per heavy atom. The van der Waals surface area contributed by atoms with Crippen LogP contribution in [0.25, 0.3) is 0 Å². The van der Waals surface area contributed by atoms with E-state index < -0.39 is 6.10 Å². The number of rotatable bonds is 11. The number of nitrogens with zero attached hydrogens (tertiary/aromatic N) is 1. The van der Waals surface area contributed by atoms with Crippen LogP contribution in [0.2, 0.25) is 0 Å². The van der Waals surface area contributed by atoms with Crippen LogP contribution in [-0.4, -0.2) is 66.3 Å². The normalized spacial score (nSPS) is 16.9. The van der Waals surface area contributed by atoms with Gasteiger partial charge in [0.2, 0.25) is 0 Å². The van der Waals surface area contributed by atoms with Crippen LogP contribution in [0, 0.1) is 9.49 Å². The van der Waals surface area contributed by atoms with Crippen molar-refractivity contribution in [2.24, 2.45) is 5.92 Å². The molecule has 0 aromatic heterocycles. The van der Waals surface area contributed by atoms with Gasteiger partial charge in [0.05, 0.1) is 10.2 Å². The number of aliphatic hydroxyl groups excluding tert-OH is 1.